The second kappa shape index (κ2) is 9.95. The number of nitrogens with zero attached hydrogens (tertiary/aromatic N) is 2. The Morgan fingerprint density at radius 3 is 2.65 bits per heavy atom. The van der Waals surface area contributed by atoms with E-state index < -0.39 is 4.92 Å². The molecule has 0 spiro atoms. The molecule has 0 amide bonds. The van der Waals surface area contributed by atoms with E-state index in [4.69, 9.17) is 21.1 Å². The average Bonchev–Trinajstić information content (AvgIpc) is 2.74. The first-order chi connectivity index (χ1) is 14.9. The van der Waals surface area contributed by atoms with Gasteiger partial charge in [0.1, 0.15) is 6.61 Å². The lowest BCUT2D eigenvalue weighted by Crippen LogP contribution is -2.03. The molecule has 0 unspecified atom stereocenters. The first kappa shape index (κ1) is 22.1. The lowest BCUT2D eigenvalue weighted by molar-refractivity contribution is -0.386. The van der Waals surface area contributed by atoms with Crippen molar-refractivity contribution in [3.05, 3.63) is 92.0 Å². The largest absolute Gasteiger partial charge is 0.493 e. The summed E-state index contributed by atoms with van der Waals surface area (Å²) in [6, 6.07) is 16.2. The van der Waals surface area contributed by atoms with Crippen molar-refractivity contribution >= 4 is 29.2 Å². The van der Waals surface area contributed by atoms with E-state index in [1.165, 1.54) is 19.4 Å². The molecule has 3 aromatic rings. The molecule has 0 heterocycles. The first-order valence-corrected chi connectivity index (χ1v) is 9.85. The zero-order valence-electron chi connectivity index (χ0n) is 17.4. The SMILES string of the molecule is COc1cc(/C=N/Nc2ccc(C)c(Cl)c2)cc([N+](=O)[O-])c1OCc1cccc(C)c1. The third kappa shape index (κ3) is 5.73. The van der Waals surface area contributed by atoms with Crippen LogP contribution in [0.4, 0.5) is 11.4 Å². The summed E-state index contributed by atoms with van der Waals surface area (Å²) >= 11 is 6.11. The molecule has 31 heavy (non-hydrogen) atoms. The monoisotopic (exact) mass is 439 g/mol. The third-order valence-electron chi connectivity index (χ3n) is 4.52. The van der Waals surface area contributed by atoms with Crippen molar-refractivity contribution in [3.8, 4) is 11.5 Å². The number of hydrogen-bond donors (Lipinski definition) is 1. The Hall–Kier alpha value is -3.58. The van der Waals surface area contributed by atoms with Crippen LogP contribution in [0.15, 0.2) is 59.7 Å². The maximum absolute atomic E-state index is 11.7. The Bertz CT molecular complexity index is 1130. The van der Waals surface area contributed by atoms with Crippen LogP contribution in [0, 0.1) is 24.0 Å². The van der Waals surface area contributed by atoms with Crippen LogP contribution in [0.1, 0.15) is 22.3 Å². The fourth-order valence-electron chi connectivity index (χ4n) is 2.92. The highest BCUT2D eigenvalue weighted by molar-refractivity contribution is 6.31. The molecule has 160 valence electrons. The lowest BCUT2D eigenvalue weighted by atomic mass is 10.1. The topological polar surface area (TPSA) is 86.0 Å². The molecule has 0 aliphatic carbocycles. The van der Waals surface area contributed by atoms with Crippen molar-refractivity contribution in [1.82, 2.24) is 0 Å². The Balaban J connectivity index is 1.83. The summed E-state index contributed by atoms with van der Waals surface area (Å²) in [6.07, 6.45) is 1.47. The third-order valence-corrected chi connectivity index (χ3v) is 4.93. The van der Waals surface area contributed by atoms with Gasteiger partial charge in [-0.25, -0.2) is 0 Å². The number of nitro benzene ring substituents is 1. The van der Waals surface area contributed by atoms with Crippen molar-refractivity contribution in [1.29, 1.82) is 0 Å². The van der Waals surface area contributed by atoms with Gasteiger partial charge >= 0.3 is 5.69 Å². The van der Waals surface area contributed by atoms with Crippen molar-refractivity contribution < 1.29 is 14.4 Å². The van der Waals surface area contributed by atoms with Crippen LogP contribution in [0.2, 0.25) is 5.02 Å². The number of methoxy groups -OCH3 is 1. The predicted octanol–water partition coefficient (Wildman–Crippen LogP) is 5.90. The summed E-state index contributed by atoms with van der Waals surface area (Å²) in [5.41, 5.74) is 6.78. The average molecular weight is 440 g/mol. The smallest absolute Gasteiger partial charge is 0.315 e. The van der Waals surface area contributed by atoms with Gasteiger partial charge in [0.05, 0.1) is 23.9 Å². The molecule has 0 aromatic heterocycles. The van der Waals surface area contributed by atoms with Crippen LogP contribution in [0.5, 0.6) is 11.5 Å². The highest BCUT2D eigenvalue weighted by Crippen LogP contribution is 2.38. The van der Waals surface area contributed by atoms with E-state index in [-0.39, 0.29) is 23.8 Å². The lowest BCUT2D eigenvalue weighted by Gasteiger charge is -2.12. The molecule has 0 atom stereocenters. The van der Waals surface area contributed by atoms with E-state index in [1.807, 2.05) is 50.2 Å². The normalized spacial score (nSPS) is 10.8. The Kier molecular flexibility index (Phi) is 7.10. The fraction of sp³-hybridized carbons (Fsp3) is 0.174. The van der Waals surface area contributed by atoms with Crippen LogP contribution < -0.4 is 14.9 Å². The van der Waals surface area contributed by atoms with E-state index in [9.17, 15) is 10.1 Å². The fourth-order valence-corrected chi connectivity index (χ4v) is 3.10. The van der Waals surface area contributed by atoms with Crippen LogP contribution in [-0.4, -0.2) is 18.2 Å². The highest BCUT2D eigenvalue weighted by Gasteiger charge is 2.22. The van der Waals surface area contributed by atoms with Crippen LogP contribution in [-0.2, 0) is 6.61 Å². The molecule has 0 saturated carbocycles. The van der Waals surface area contributed by atoms with Crippen molar-refractivity contribution in [2.75, 3.05) is 12.5 Å². The van der Waals surface area contributed by atoms with Gasteiger partial charge in [-0.05, 0) is 43.2 Å². The van der Waals surface area contributed by atoms with E-state index in [2.05, 4.69) is 10.5 Å². The van der Waals surface area contributed by atoms with Gasteiger partial charge in [-0.3, -0.25) is 15.5 Å². The molecule has 1 N–H and O–H groups in total. The standard InChI is InChI=1S/C23H22ClN3O4/c1-15-5-4-6-17(9-15)14-31-23-21(27(28)29)10-18(11-22(23)30-3)13-25-26-19-8-7-16(2)20(24)12-19/h4-13,26H,14H2,1-3H3/b25-13+. The number of nitrogens with one attached hydrogen (secondary N) is 1. The van der Waals surface area contributed by atoms with E-state index in [0.29, 0.717) is 16.3 Å². The van der Waals surface area contributed by atoms with E-state index in [1.54, 1.807) is 12.1 Å². The summed E-state index contributed by atoms with van der Waals surface area (Å²) in [6.45, 7) is 4.06. The van der Waals surface area contributed by atoms with Gasteiger partial charge in [0.15, 0.2) is 5.75 Å². The second-order valence-electron chi connectivity index (χ2n) is 6.94. The number of benzene rings is 3. The highest BCUT2D eigenvalue weighted by atomic mass is 35.5. The Morgan fingerprint density at radius 1 is 1.16 bits per heavy atom. The molecule has 0 radical (unpaired) electrons. The van der Waals surface area contributed by atoms with Crippen LogP contribution >= 0.6 is 11.6 Å². The molecule has 0 fully saturated rings. The summed E-state index contributed by atoms with van der Waals surface area (Å²) in [5.74, 6) is 0.325. The molecular weight excluding hydrogens is 418 g/mol. The number of hydrazone groups is 1. The minimum absolute atomic E-state index is 0.0735. The number of ether oxygens (including phenoxy) is 2. The second-order valence-corrected chi connectivity index (χ2v) is 7.35. The summed E-state index contributed by atoms with van der Waals surface area (Å²) in [5, 5.41) is 16.4. The van der Waals surface area contributed by atoms with Gasteiger partial charge in [-0.1, -0.05) is 47.5 Å². The van der Waals surface area contributed by atoms with Gasteiger partial charge in [-0.15, -0.1) is 0 Å². The zero-order valence-corrected chi connectivity index (χ0v) is 18.1. The maximum Gasteiger partial charge on any atom is 0.315 e. The van der Waals surface area contributed by atoms with Gasteiger partial charge < -0.3 is 9.47 Å². The van der Waals surface area contributed by atoms with Gasteiger partial charge in [0, 0.05) is 16.7 Å². The maximum atomic E-state index is 11.7. The van der Waals surface area contributed by atoms with E-state index in [0.717, 1.165) is 16.7 Å². The summed E-state index contributed by atoms with van der Waals surface area (Å²) in [7, 11) is 1.44. The molecular formula is C23H22ClN3O4. The number of halogens is 1. The molecule has 8 heteroatoms. The number of nitro groups is 1. The van der Waals surface area contributed by atoms with Gasteiger partial charge in [0.25, 0.3) is 0 Å². The number of rotatable bonds is 8. The van der Waals surface area contributed by atoms with Gasteiger partial charge in [0.2, 0.25) is 5.75 Å². The first-order valence-electron chi connectivity index (χ1n) is 9.47. The Morgan fingerprint density at radius 2 is 1.97 bits per heavy atom. The molecule has 3 rings (SSSR count). The minimum Gasteiger partial charge on any atom is -0.493 e. The number of hydrogen-bond acceptors (Lipinski definition) is 6. The molecule has 0 aliphatic rings. The summed E-state index contributed by atoms with van der Waals surface area (Å²) in [4.78, 5) is 11.2. The quantitative estimate of drug-likeness (QED) is 0.268. The van der Waals surface area contributed by atoms with E-state index >= 15 is 0 Å². The summed E-state index contributed by atoms with van der Waals surface area (Å²) < 4.78 is 11.1. The molecule has 3 aromatic carbocycles. The molecule has 0 bridgehead atoms. The van der Waals surface area contributed by atoms with Crippen LogP contribution in [0.3, 0.4) is 0 Å². The predicted molar refractivity (Wildman–Crippen MR) is 123 cm³/mol. The zero-order chi connectivity index (χ0) is 22.4. The molecule has 7 nitrogen and oxygen atoms in total. The number of anilines is 1. The minimum atomic E-state index is -0.501. The number of aryl methyl sites for hydroxylation is 2. The van der Waals surface area contributed by atoms with Crippen molar-refractivity contribution in [2.24, 2.45) is 5.10 Å². The van der Waals surface area contributed by atoms with Crippen molar-refractivity contribution in [2.45, 2.75) is 20.5 Å². The Labute approximate surface area is 185 Å². The molecule has 0 aliphatic heterocycles. The van der Waals surface area contributed by atoms with Crippen molar-refractivity contribution in [3.63, 3.8) is 0 Å². The van der Waals surface area contributed by atoms with Crippen LogP contribution in [0.25, 0.3) is 0 Å². The van der Waals surface area contributed by atoms with Gasteiger partial charge in [-0.2, -0.15) is 5.10 Å². The molecule has 0 saturated heterocycles.